The van der Waals surface area contributed by atoms with E-state index >= 15 is 0 Å². The summed E-state index contributed by atoms with van der Waals surface area (Å²) in [5.41, 5.74) is 2.84. The highest BCUT2D eigenvalue weighted by molar-refractivity contribution is 6.09. The van der Waals surface area contributed by atoms with Gasteiger partial charge in [-0.15, -0.1) is 10.2 Å². The summed E-state index contributed by atoms with van der Waals surface area (Å²) in [6.45, 7) is 1.52. The average Bonchev–Trinajstić information content (AvgIpc) is 3.24. The van der Waals surface area contributed by atoms with Gasteiger partial charge in [-0.05, 0) is 18.1 Å². The van der Waals surface area contributed by atoms with Crippen molar-refractivity contribution in [2.45, 2.75) is 18.9 Å². The van der Waals surface area contributed by atoms with E-state index in [0.717, 1.165) is 36.3 Å². The van der Waals surface area contributed by atoms with E-state index in [0.29, 0.717) is 0 Å². The third-order valence-corrected chi connectivity index (χ3v) is 4.48. The molecule has 1 saturated heterocycles. The number of rotatable bonds is 2. The number of allylic oxidation sites excluding steroid dienone is 1. The third kappa shape index (κ3) is 2.19. The quantitative estimate of drug-likeness (QED) is 0.822. The van der Waals surface area contributed by atoms with Gasteiger partial charge in [-0.3, -0.25) is 9.78 Å². The number of likely N-dealkylation sites (tertiary alicyclic amines) is 1. The second-order valence-electron chi connectivity index (χ2n) is 5.77. The molecule has 7 nitrogen and oxygen atoms in total. The summed E-state index contributed by atoms with van der Waals surface area (Å²) in [6, 6.07) is 4.25. The molecule has 2 aromatic heterocycles. The molecule has 0 bridgehead atoms. The van der Waals surface area contributed by atoms with Crippen molar-refractivity contribution in [2.24, 2.45) is 0 Å². The van der Waals surface area contributed by atoms with Crippen LogP contribution in [0.3, 0.4) is 0 Å². The Morgan fingerprint density at radius 1 is 1.30 bits per heavy atom. The largest absolute Gasteiger partial charge is 0.368 e. The van der Waals surface area contributed by atoms with Crippen molar-refractivity contribution in [1.29, 1.82) is 5.26 Å². The van der Waals surface area contributed by atoms with Gasteiger partial charge < -0.3 is 9.47 Å². The number of aromatic nitrogens is 4. The van der Waals surface area contributed by atoms with E-state index in [-0.39, 0.29) is 23.8 Å². The zero-order chi connectivity index (χ0) is 15.8. The van der Waals surface area contributed by atoms with Gasteiger partial charge in [0.1, 0.15) is 24.3 Å². The van der Waals surface area contributed by atoms with Gasteiger partial charge in [0, 0.05) is 37.5 Å². The van der Waals surface area contributed by atoms with Gasteiger partial charge in [-0.2, -0.15) is 5.26 Å². The number of hydrogen-bond donors (Lipinski definition) is 0. The average molecular weight is 306 g/mol. The Labute approximate surface area is 132 Å². The van der Waals surface area contributed by atoms with Crippen molar-refractivity contribution in [3.8, 4) is 6.07 Å². The number of nitrogens with zero attached hydrogens (tertiary/aromatic N) is 6. The Morgan fingerprint density at radius 2 is 2.13 bits per heavy atom. The van der Waals surface area contributed by atoms with Crippen LogP contribution < -0.4 is 0 Å². The summed E-state index contributed by atoms with van der Waals surface area (Å²) in [4.78, 5) is 18.5. The Balaban J connectivity index is 1.74. The Morgan fingerprint density at radius 3 is 2.91 bits per heavy atom. The highest BCUT2D eigenvalue weighted by atomic mass is 16.1. The van der Waals surface area contributed by atoms with Crippen LogP contribution in [-0.4, -0.2) is 43.5 Å². The third-order valence-electron chi connectivity index (χ3n) is 4.48. The number of carbonyl (C=O) groups is 1. The summed E-state index contributed by atoms with van der Waals surface area (Å²) in [5.74, 6) is -0.129. The molecule has 0 aromatic carbocycles. The van der Waals surface area contributed by atoms with Crippen molar-refractivity contribution in [3.05, 3.63) is 47.8 Å². The zero-order valence-corrected chi connectivity index (χ0v) is 12.4. The van der Waals surface area contributed by atoms with Gasteiger partial charge in [0.05, 0.1) is 11.7 Å². The van der Waals surface area contributed by atoms with E-state index < -0.39 is 0 Å². The van der Waals surface area contributed by atoms with Gasteiger partial charge >= 0.3 is 0 Å². The predicted octanol–water partition coefficient (Wildman–Crippen LogP) is 0.980. The summed E-state index contributed by atoms with van der Waals surface area (Å²) >= 11 is 0. The number of nitriles is 1. The lowest BCUT2D eigenvalue weighted by atomic mass is 9.89. The minimum absolute atomic E-state index is 0.129. The molecule has 114 valence electrons. The first-order chi connectivity index (χ1) is 11.3. The first kappa shape index (κ1) is 13.6. The fraction of sp³-hybridized carbons (Fsp3) is 0.312. The van der Waals surface area contributed by atoms with Gasteiger partial charge in [-0.1, -0.05) is 0 Å². The standard InChI is InChI=1S/C16H14N6O/c17-6-14-15(23)5-11-7-18-3-1-13(11)16(14)21-4-2-12(8-21)22-9-19-20-10-22/h1,3,7,9-10,12H,2,4-5,8H2/t12-/m1/s1. The van der Waals surface area contributed by atoms with Crippen LogP contribution in [0.1, 0.15) is 23.6 Å². The number of carbonyl (C=O) groups excluding carboxylic acids is 1. The van der Waals surface area contributed by atoms with Crippen molar-refractivity contribution in [2.75, 3.05) is 13.1 Å². The molecule has 1 aliphatic carbocycles. The summed E-state index contributed by atoms with van der Waals surface area (Å²) < 4.78 is 1.98. The van der Waals surface area contributed by atoms with Crippen molar-refractivity contribution in [1.82, 2.24) is 24.6 Å². The minimum atomic E-state index is -0.129. The second kappa shape index (κ2) is 5.32. The topological polar surface area (TPSA) is 87.7 Å². The molecule has 2 aromatic rings. The number of Topliss-reactive ketones (excluding diaryl/α,β-unsaturated/α-hetero) is 1. The van der Waals surface area contributed by atoms with Crippen molar-refractivity contribution in [3.63, 3.8) is 0 Å². The molecule has 2 aliphatic rings. The molecule has 1 atom stereocenters. The van der Waals surface area contributed by atoms with Crippen molar-refractivity contribution < 1.29 is 4.79 Å². The lowest BCUT2D eigenvalue weighted by Gasteiger charge is -2.28. The highest BCUT2D eigenvalue weighted by Crippen LogP contribution is 2.35. The van der Waals surface area contributed by atoms with Crippen LogP contribution in [0.4, 0.5) is 0 Å². The van der Waals surface area contributed by atoms with Crippen LogP contribution in [0.15, 0.2) is 36.7 Å². The maximum atomic E-state index is 12.3. The van der Waals surface area contributed by atoms with Gasteiger partial charge in [-0.25, -0.2) is 0 Å². The summed E-state index contributed by atoms with van der Waals surface area (Å²) in [5, 5.41) is 17.2. The number of ketones is 1. The SMILES string of the molecule is N#CC1=C(N2CC[C@@H](n3cnnc3)C2)c2ccncc2CC1=O. The van der Waals surface area contributed by atoms with E-state index in [1.165, 1.54) is 0 Å². The molecule has 0 N–H and O–H groups in total. The monoisotopic (exact) mass is 306 g/mol. The predicted molar refractivity (Wildman–Crippen MR) is 80.7 cm³/mol. The Kier molecular flexibility index (Phi) is 3.15. The molecular formula is C16H14N6O. The Bertz CT molecular complexity index is 833. The molecule has 0 radical (unpaired) electrons. The molecule has 1 fully saturated rings. The number of pyridine rings is 1. The van der Waals surface area contributed by atoms with Crippen LogP contribution in [0, 0.1) is 11.3 Å². The van der Waals surface area contributed by atoms with Crippen LogP contribution >= 0.6 is 0 Å². The minimum Gasteiger partial charge on any atom is -0.368 e. The lowest BCUT2D eigenvalue weighted by molar-refractivity contribution is -0.114. The van der Waals surface area contributed by atoms with Crippen LogP contribution in [0.2, 0.25) is 0 Å². The molecular weight excluding hydrogens is 292 g/mol. The summed E-state index contributed by atoms with van der Waals surface area (Å²) in [6.07, 6.45) is 8.01. The molecule has 0 amide bonds. The second-order valence-corrected chi connectivity index (χ2v) is 5.77. The van der Waals surface area contributed by atoms with Crippen molar-refractivity contribution >= 4 is 11.5 Å². The van der Waals surface area contributed by atoms with E-state index in [1.54, 1.807) is 25.0 Å². The van der Waals surface area contributed by atoms with E-state index in [9.17, 15) is 10.1 Å². The normalized spacial score (nSPS) is 20.6. The number of hydrogen-bond acceptors (Lipinski definition) is 6. The molecule has 0 spiro atoms. The van der Waals surface area contributed by atoms with E-state index in [1.807, 2.05) is 10.6 Å². The van der Waals surface area contributed by atoms with Crippen LogP contribution in [-0.2, 0) is 11.2 Å². The molecule has 7 heteroatoms. The van der Waals surface area contributed by atoms with Gasteiger partial charge in [0.15, 0.2) is 5.78 Å². The number of fused-ring (bicyclic) bond motifs is 1. The first-order valence-corrected chi connectivity index (χ1v) is 7.48. The molecule has 4 rings (SSSR count). The maximum Gasteiger partial charge on any atom is 0.179 e. The zero-order valence-electron chi connectivity index (χ0n) is 12.4. The molecule has 1 aliphatic heterocycles. The molecule has 23 heavy (non-hydrogen) atoms. The lowest BCUT2D eigenvalue weighted by Crippen LogP contribution is -2.27. The molecule has 3 heterocycles. The maximum absolute atomic E-state index is 12.3. The van der Waals surface area contributed by atoms with Crippen LogP contribution in [0.5, 0.6) is 0 Å². The summed E-state index contributed by atoms with van der Waals surface area (Å²) in [7, 11) is 0. The van der Waals surface area contributed by atoms with Gasteiger partial charge in [0.2, 0.25) is 0 Å². The van der Waals surface area contributed by atoms with E-state index in [2.05, 4.69) is 26.2 Å². The van der Waals surface area contributed by atoms with Crippen LogP contribution in [0.25, 0.3) is 5.70 Å². The first-order valence-electron chi connectivity index (χ1n) is 7.48. The molecule has 0 unspecified atom stereocenters. The van der Waals surface area contributed by atoms with E-state index in [4.69, 9.17) is 0 Å². The fourth-order valence-corrected chi connectivity index (χ4v) is 3.36. The highest BCUT2D eigenvalue weighted by Gasteiger charge is 2.33. The van der Waals surface area contributed by atoms with Gasteiger partial charge in [0.25, 0.3) is 0 Å². The molecule has 0 saturated carbocycles. The smallest absolute Gasteiger partial charge is 0.179 e. The fourth-order valence-electron chi connectivity index (χ4n) is 3.36. The Hall–Kier alpha value is -3.01.